The fraction of sp³-hybridized carbons (Fsp3) is 0.316. The molecular formula is C19H22BrNO2. The van der Waals surface area contributed by atoms with Crippen LogP contribution < -0.4 is 10.1 Å². The van der Waals surface area contributed by atoms with Crippen LogP contribution in [0.5, 0.6) is 5.75 Å². The lowest BCUT2D eigenvalue weighted by Gasteiger charge is -2.18. The Kier molecular flexibility index (Phi) is 5.83. The smallest absolute Gasteiger partial charge is 0.265 e. The van der Waals surface area contributed by atoms with E-state index in [2.05, 4.69) is 28.2 Å². The topological polar surface area (TPSA) is 38.3 Å². The fourth-order valence-corrected chi connectivity index (χ4v) is 2.47. The van der Waals surface area contributed by atoms with E-state index in [1.165, 1.54) is 5.56 Å². The molecule has 0 aliphatic heterocycles. The van der Waals surface area contributed by atoms with Gasteiger partial charge in [0.25, 0.3) is 5.91 Å². The minimum atomic E-state index is -0.513. The molecule has 23 heavy (non-hydrogen) atoms. The van der Waals surface area contributed by atoms with Gasteiger partial charge in [-0.1, -0.05) is 28.9 Å². The summed E-state index contributed by atoms with van der Waals surface area (Å²) in [4.78, 5) is 12.4. The van der Waals surface area contributed by atoms with E-state index >= 15 is 0 Å². The molecule has 1 atom stereocenters. The van der Waals surface area contributed by atoms with Crippen molar-refractivity contribution in [2.75, 3.05) is 5.32 Å². The minimum absolute atomic E-state index is 0.132. The van der Waals surface area contributed by atoms with Crippen molar-refractivity contribution < 1.29 is 9.53 Å². The van der Waals surface area contributed by atoms with E-state index in [0.717, 1.165) is 27.0 Å². The maximum absolute atomic E-state index is 12.4. The highest BCUT2D eigenvalue weighted by molar-refractivity contribution is 9.10. The van der Waals surface area contributed by atoms with E-state index in [1.54, 1.807) is 0 Å². The van der Waals surface area contributed by atoms with Gasteiger partial charge in [0.05, 0.1) is 0 Å². The van der Waals surface area contributed by atoms with Gasteiger partial charge >= 0.3 is 0 Å². The quantitative estimate of drug-likeness (QED) is 0.782. The maximum Gasteiger partial charge on any atom is 0.265 e. The summed E-state index contributed by atoms with van der Waals surface area (Å²) in [5.74, 6) is 0.592. The van der Waals surface area contributed by atoms with Gasteiger partial charge in [-0.15, -0.1) is 0 Å². The largest absolute Gasteiger partial charge is 0.481 e. The monoisotopic (exact) mass is 375 g/mol. The number of hydrogen-bond donors (Lipinski definition) is 1. The van der Waals surface area contributed by atoms with Gasteiger partial charge in [0.2, 0.25) is 0 Å². The van der Waals surface area contributed by atoms with E-state index in [4.69, 9.17) is 4.74 Å². The second-order valence-electron chi connectivity index (χ2n) is 5.71. The first kappa shape index (κ1) is 17.5. The van der Waals surface area contributed by atoms with Crippen LogP contribution in [-0.2, 0) is 4.79 Å². The normalized spacial score (nSPS) is 11.9. The number of amides is 1. The van der Waals surface area contributed by atoms with E-state index < -0.39 is 6.10 Å². The van der Waals surface area contributed by atoms with E-state index in [0.29, 0.717) is 6.42 Å². The van der Waals surface area contributed by atoms with Gasteiger partial charge in [-0.2, -0.15) is 0 Å². The average molecular weight is 376 g/mol. The molecule has 0 bridgehead atoms. The third-order valence-corrected chi connectivity index (χ3v) is 4.74. The lowest BCUT2D eigenvalue weighted by atomic mass is 10.1. The van der Waals surface area contributed by atoms with Crippen LogP contribution in [0.3, 0.4) is 0 Å². The molecule has 0 saturated carbocycles. The number of ether oxygens (including phenoxy) is 1. The minimum Gasteiger partial charge on any atom is -0.481 e. The van der Waals surface area contributed by atoms with Crippen LogP contribution in [0, 0.1) is 20.8 Å². The van der Waals surface area contributed by atoms with E-state index in [9.17, 15) is 4.79 Å². The number of rotatable bonds is 5. The number of halogens is 1. The van der Waals surface area contributed by atoms with Gasteiger partial charge in [-0.3, -0.25) is 4.79 Å². The second-order valence-corrected chi connectivity index (χ2v) is 6.57. The van der Waals surface area contributed by atoms with Crippen LogP contribution in [0.4, 0.5) is 5.69 Å². The van der Waals surface area contributed by atoms with Crippen molar-refractivity contribution in [1.82, 2.24) is 0 Å². The molecule has 3 nitrogen and oxygen atoms in total. The van der Waals surface area contributed by atoms with Crippen molar-refractivity contribution in [2.24, 2.45) is 0 Å². The zero-order valence-electron chi connectivity index (χ0n) is 13.9. The zero-order chi connectivity index (χ0) is 17.0. The van der Waals surface area contributed by atoms with Gasteiger partial charge < -0.3 is 10.1 Å². The summed E-state index contributed by atoms with van der Waals surface area (Å²) in [5.41, 5.74) is 4.21. The Morgan fingerprint density at radius 2 is 1.83 bits per heavy atom. The highest BCUT2D eigenvalue weighted by Gasteiger charge is 2.19. The van der Waals surface area contributed by atoms with Crippen LogP contribution in [0.1, 0.15) is 30.0 Å². The number of aryl methyl sites for hydroxylation is 3. The summed E-state index contributed by atoms with van der Waals surface area (Å²) >= 11 is 3.46. The molecule has 0 heterocycles. The number of anilines is 1. The predicted octanol–water partition coefficient (Wildman–Crippen LogP) is 5.17. The number of nitrogens with one attached hydrogen (secondary N) is 1. The van der Waals surface area contributed by atoms with Crippen molar-refractivity contribution in [3.05, 3.63) is 57.6 Å². The first-order valence-electron chi connectivity index (χ1n) is 7.71. The highest BCUT2D eigenvalue weighted by Crippen LogP contribution is 2.22. The summed E-state index contributed by atoms with van der Waals surface area (Å²) in [6, 6.07) is 11.6. The molecule has 2 aromatic carbocycles. The molecule has 122 valence electrons. The molecule has 0 aromatic heterocycles. The molecule has 0 radical (unpaired) electrons. The molecule has 1 amide bonds. The summed E-state index contributed by atoms with van der Waals surface area (Å²) in [5, 5.41) is 2.92. The fourth-order valence-electron chi connectivity index (χ4n) is 2.22. The molecular weight excluding hydrogens is 354 g/mol. The molecule has 0 aliphatic carbocycles. The van der Waals surface area contributed by atoms with Crippen molar-refractivity contribution >= 4 is 27.5 Å². The first-order valence-corrected chi connectivity index (χ1v) is 8.51. The third-order valence-electron chi connectivity index (χ3n) is 3.85. The molecule has 1 N–H and O–H groups in total. The maximum atomic E-state index is 12.4. The molecule has 0 spiro atoms. The Morgan fingerprint density at radius 1 is 1.09 bits per heavy atom. The van der Waals surface area contributed by atoms with Gasteiger partial charge in [0.1, 0.15) is 5.75 Å². The molecule has 2 rings (SSSR count). The summed E-state index contributed by atoms with van der Waals surface area (Å²) < 4.78 is 6.89. The van der Waals surface area contributed by atoms with Gasteiger partial charge in [0.15, 0.2) is 6.10 Å². The highest BCUT2D eigenvalue weighted by atomic mass is 79.9. The van der Waals surface area contributed by atoms with Gasteiger partial charge in [-0.05, 0) is 74.2 Å². The zero-order valence-corrected chi connectivity index (χ0v) is 15.5. The number of benzene rings is 2. The van der Waals surface area contributed by atoms with Gasteiger partial charge in [0, 0.05) is 10.2 Å². The molecule has 0 aliphatic rings. The van der Waals surface area contributed by atoms with Crippen LogP contribution in [0.15, 0.2) is 40.9 Å². The Labute approximate surface area is 146 Å². The molecule has 0 fully saturated rings. The summed E-state index contributed by atoms with van der Waals surface area (Å²) in [6.45, 7) is 8.02. The lowest BCUT2D eigenvalue weighted by Crippen LogP contribution is -2.32. The van der Waals surface area contributed by atoms with Crippen molar-refractivity contribution in [3.8, 4) is 5.75 Å². The standard InChI is InChI=1S/C19H22BrNO2/c1-5-18(23-16-8-6-12(2)13(3)11-16)19(22)21-15-7-9-17(20)14(4)10-15/h6-11,18H,5H2,1-4H3,(H,21,22)/t18-/m0/s1. The van der Waals surface area contributed by atoms with Crippen LogP contribution in [0.25, 0.3) is 0 Å². The average Bonchev–Trinajstić information content (AvgIpc) is 2.52. The molecule has 0 unspecified atom stereocenters. The van der Waals surface area contributed by atoms with Gasteiger partial charge in [-0.25, -0.2) is 0 Å². The lowest BCUT2D eigenvalue weighted by molar-refractivity contribution is -0.122. The molecule has 2 aromatic rings. The summed E-state index contributed by atoms with van der Waals surface area (Å²) in [6.07, 6.45) is 0.0925. The van der Waals surface area contributed by atoms with Crippen LogP contribution >= 0.6 is 15.9 Å². The summed E-state index contributed by atoms with van der Waals surface area (Å²) in [7, 11) is 0. The van der Waals surface area contributed by atoms with Crippen molar-refractivity contribution in [3.63, 3.8) is 0 Å². The predicted molar refractivity (Wildman–Crippen MR) is 98.1 cm³/mol. The number of hydrogen-bond acceptors (Lipinski definition) is 2. The first-order chi connectivity index (χ1) is 10.9. The Bertz CT molecular complexity index is 713. The molecule has 0 saturated heterocycles. The second kappa shape index (κ2) is 7.64. The SMILES string of the molecule is CC[C@H](Oc1ccc(C)c(C)c1)C(=O)Nc1ccc(Br)c(C)c1. The third kappa shape index (κ3) is 4.58. The Morgan fingerprint density at radius 3 is 2.43 bits per heavy atom. The molecule has 4 heteroatoms. The van der Waals surface area contributed by atoms with Crippen molar-refractivity contribution in [2.45, 2.75) is 40.2 Å². The van der Waals surface area contributed by atoms with E-state index in [1.807, 2.05) is 57.2 Å². The Balaban J connectivity index is 2.08. The number of carbonyl (C=O) groups excluding carboxylic acids is 1. The Hall–Kier alpha value is -1.81. The number of carbonyl (C=O) groups is 1. The van der Waals surface area contributed by atoms with Crippen LogP contribution in [0.2, 0.25) is 0 Å². The van der Waals surface area contributed by atoms with E-state index in [-0.39, 0.29) is 5.91 Å². The van der Waals surface area contributed by atoms with Crippen molar-refractivity contribution in [1.29, 1.82) is 0 Å². The van der Waals surface area contributed by atoms with Crippen LogP contribution in [-0.4, -0.2) is 12.0 Å².